The van der Waals surface area contributed by atoms with Crippen molar-refractivity contribution in [2.24, 2.45) is 0 Å². The van der Waals surface area contributed by atoms with Crippen molar-refractivity contribution in [2.45, 2.75) is 133 Å². The molecule has 0 aromatic heterocycles. The summed E-state index contributed by atoms with van der Waals surface area (Å²) < 4.78 is 11.7. The Bertz CT molecular complexity index is 1130. The van der Waals surface area contributed by atoms with E-state index in [0.29, 0.717) is 66.8 Å². The van der Waals surface area contributed by atoms with Gasteiger partial charge in [0.05, 0.1) is 31.5 Å². The molecule has 0 bridgehead atoms. The van der Waals surface area contributed by atoms with Gasteiger partial charge >= 0.3 is 0 Å². The van der Waals surface area contributed by atoms with E-state index in [9.17, 15) is 4.79 Å². The van der Waals surface area contributed by atoms with E-state index in [1.165, 1.54) is 25.7 Å². The van der Waals surface area contributed by atoms with E-state index in [0.717, 1.165) is 42.4 Å². The van der Waals surface area contributed by atoms with E-state index >= 15 is 0 Å². The molecule has 1 heterocycles. The zero-order chi connectivity index (χ0) is 35.8. The zero-order valence-corrected chi connectivity index (χ0v) is 31.4. The minimum atomic E-state index is -0.232. The maximum atomic E-state index is 13.3. The van der Waals surface area contributed by atoms with E-state index in [2.05, 4.69) is 39.6 Å². The highest BCUT2D eigenvalue weighted by Gasteiger charge is 2.30. The Balaban J connectivity index is 0.00000236. The molecule has 1 aliphatic rings. The van der Waals surface area contributed by atoms with Crippen LogP contribution in [0.3, 0.4) is 0 Å². The van der Waals surface area contributed by atoms with Crippen molar-refractivity contribution in [2.75, 3.05) is 32.9 Å². The molecule has 1 aromatic rings. The molecule has 0 unspecified atom stereocenters. The molecule has 1 fully saturated rings. The summed E-state index contributed by atoms with van der Waals surface area (Å²) >= 11 is 0. The number of nitrogens with one attached hydrogen (secondary N) is 2. The van der Waals surface area contributed by atoms with E-state index in [-0.39, 0.29) is 18.6 Å². The summed E-state index contributed by atoms with van der Waals surface area (Å²) in [7, 11) is 0. The molecule has 1 saturated heterocycles. The van der Waals surface area contributed by atoms with Gasteiger partial charge in [0.25, 0.3) is 5.91 Å². The van der Waals surface area contributed by atoms with Gasteiger partial charge in [-0.2, -0.15) is 0 Å². The van der Waals surface area contributed by atoms with Crippen LogP contribution in [0.2, 0.25) is 0 Å². The number of rotatable bonds is 19. The topological polar surface area (TPSA) is 104 Å². The highest BCUT2D eigenvalue weighted by molar-refractivity contribution is 6.08. The molecule has 0 saturated carbocycles. The average Bonchev–Trinajstić information content (AvgIpc) is 3.07. The first-order valence-corrected chi connectivity index (χ1v) is 17.9. The number of carbonyl (C=O) groups excluding carboxylic acids is 1. The van der Waals surface area contributed by atoms with Crippen LogP contribution >= 0.6 is 0 Å². The summed E-state index contributed by atoms with van der Waals surface area (Å²) in [4.78, 5) is 19.3. The number of hydroxylamine groups is 2. The van der Waals surface area contributed by atoms with Crippen molar-refractivity contribution < 1.29 is 24.2 Å². The first kappa shape index (κ1) is 44.1. The number of aliphatic hydroxyl groups excluding tert-OH is 1. The van der Waals surface area contributed by atoms with Crippen LogP contribution in [0.1, 0.15) is 138 Å². The highest BCUT2D eigenvalue weighted by Crippen LogP contribution is 2.32. The Hall–Kier alpha value is -2.94. The number of aliphatic hydroxyl groups is 1. The highest BCUT2D eigenvalue weighted by atomic mass is 16.7. The van der Waals surface area contributed by atoms with Crippen molar-refractivity contribution in [1.82, 2.24) is 10.4 Å². The fourth-order valence-electron chi connectivity index (χ4n) is 4.06. The van der Waals surface area contributed by atoms with Gasteiger partial charge in [0.15, 0.2) is 0 Å². The third kappa shape index (κ3) is 16.6. The van der Waals surface area contributed by atoms with Crippen LogP contribution in [-0.2, 0) is 14.4 Å². The third-order valence-electron chi connectivity index (χ3n) is 7.88. The molecule has 1 amide bonds. The lowest BCUT2D eigenvalue weighted by Crippen LogP contribution is -2.51. The normalized spacial score (nSPS) is 13.9. The molecule has 47 heavy (non-hydrogen) atoms. The standard InChI is InChI=1S/C31H47N3O5.2C4H10/c1-8-13-28(32)22(5)23(6)31(36)33-30(21(4)9-2)27-18-25(14-15-29(27)37-10-3)24(7)39-34-19-26(20-34)38-17-12-11-16-35;2*1-3-4-2/h14-15,18,26,32,35H,7-13,16-17,19-20H2,1-6H3,(H,33,36);2*3-4H2,1-2H3/b23-22+,30-21?,32-28?;;. The SMILES string of the molecule is C=C(ON1CC(OCCCCO)C1)c1ccc(OCC)c(C(NC(=O)/C(C)=C(\C)C(=N)CCC)=C(C)CC)c1.CCCC.CCCC. The molecule has 0 radical (unpaired) electrons. The second-order valence-corrected chi connectivity index (χ2v) is 11.9. The van der Waals surface area contributed by atoms with Gasteiger partial charge in [-0.15, -0.1) is 5.06 Å². The second-order valence-electron chi connectivity index (χ2n) is 11.9. The number of amides is 1. The van der Waals surface area contributed by atoms with Crippen molar-refractivity contribution in [3.05, 3.63) is 52.6 Å². The quantitative estimate of drug-likeness (QED) is 0.0593. The first-order valence-electron chi connectivity index (χ1n) is 17.9. The molecular formula is C39H67N3O5. The molecule has 8 nitrogen and oxygen atoms in total. The van der Waals surface area contributed by atoms with Crippen LogP contribution in [0.4, 0.5) is 0 Å². The zero-order valence-electron chi connectivity index (χ0n) is 31.4. The van der Waals surface area contributed by atoms with E-state index in [1.807, 2.05) is 57.9 Å². The van der Waals surface area contributed by atoms with Crippen LogP contribution in [0.15, 0.2) is 41.5 Å². The van der Waals surface area contributed by atoms with Crippen LogP contribution in [0, 0.1) is 5.41 Å². The predicted octanol–water partition coefficient (Wildman–Crippen LogP) is 9.49. The molecular weight excluding hydrogens is 590 g/mol. The summed E-state index contributed by atoms with van der Waals surface area (Å²) in [6.45, 7) is 27.0. The summed E-state index contributed by atoms with van der Waals surface area (Å²) in [5.41, 5.74) is 4.95. The lowest BCUT2D eigenvalue weighted by Gasteiger charge is -2.38. The molecule has 1 aromatic carbocycles. The van der Waals surface area contributed by atoms with Gasteiger partial charge in [-0.3, -0.25) is 4.79 Å². The van der Waals surface area contributed by atoms with Gasteiger partial charge < -0.3 is 30.1 Å². The number of carbonyl (C=O) groups is 1. The minimum absolute atomic E-state index is 0.114. The monoisotopic (exact) mass is 658 g/mol. The van der Waals surface area contributed by atoms with Crippen molar-refractivity contribution in [3.63, 3.8) is 0 Å². The van der Waals surface area contributed by atoms with Crippen LogP contribution in [-0.4, -0.2) is 60.8 Å². The summed E-state index contributed by atoms with van der Waals surface area (Å²) in [6.07, 6.45) is 9.22. The van der Waals surface area contributed by atoms with E-state index < -0.39 is 0 Å². The van der Waals surface area contributed by atoms with Gasteiger partial charge in [0.1, 0.15) is 11.5 Å². The van der Waals surface area contributed by atoms with Gasteiger partial charge in [-0.05, 0) is 82.7 Å². The smallest absolute Gasteiger partial charge is 0.251 e. The molecule has 8 heteroatoms. The Morgan fingerprint density at radius 3 is 2.09 bits per heavy atom. The fourth-order valence-corrected chi connectivity index (χ4v) is 4.06. The van der Waals surface area contributed by atoms with E-state index in [1.54, 1.807) is 6.92 Å². The van der Waals surface area contributed by atoms with E-state index in [4.69, 9.17) is 24.8 Å². The molecule has 3 N–H and O–H groups in total. The van der Waals surface area contributed by atoms with Gasteiger partial charge in [0, 0.05) is 35.6 Å². The maximum absolute atomic E-state index is 13.3. The molecule has 0 aliphatic carbocycles. The Labute approximate surface area is 287 Å². The van der Waals surface area contributed by atoms with Crippen LogP contribution in [0.25, 0.3) is 11.5 Å². The molecule has 2 rings (SSSR count). The van der Waals surface area contributed by atoms with Gasteiger partial charge in [0.2, 0.25) is 0 Å². The summed E-state index contributed by atoms with van der Waals surface area (Å²) in [5, 5.41) is 22.1. The number of hydrogen-bond donors (Lipinski definition) is 3. The Kier molecular flexibility index (Phi) is 24.4. The number of unbranched alkanes of at least 4 members (excludes halogenated alkanes) is 3. The van der Waals surface area contributed by atoms with Gasteiger partial charge in [-0.1, -0.05) is 80.2 Å². The second kappa shape index (κ2) is 26.1. The van der Waals surface area contributed by atoms with Crippen LogP contribution < -0.4 is 10.1 Å². The average molecular weight is 658 g/mol. The number of allylic oxidation sites excluding steroid dienone is 2. The Morgan fingerprint density at radius 1 is 0.957 bits per heavy atom. The lowest BCUT2D eigenvalue weighted by atomic mass is 9.99. The number of benzene rings is 1. The Morgan fingerprint density at radius 2 is 1.57 bits per heavy atom. The van der Waals surface area contributed by atoms with Crippen LogP contribution in [0.5, 0.6) is 5.75 Å². The first-order chi connectivity index (χ1) is 22.5. The predicted molar refractivity (Wildman–Crippen MR) is 199 cm³/mol. The molecule has 0 atom stereocenters. The van der Waals surface area contributed by atoms with Crippen molar-refractivity contribution in [1.29, 1.82) is 5.41 Å². The summed E-state index contributed by atoms with van der Waals surface area (Å²) in [5.74, 6) is 0.928. The minimum Gasteiger partial charge on any atom is -0.493 e. The maximum Gasteiger partial charge on any atom is 0.251 e. The number of ether oxygens (including phenoxy) is 2. The fraction of sp³-hybridized carbons (Fsp3) is 0.641. The largest absolute Gasteiger partial charge is 0.493 e. The molecule has 1 aliphatic heterocycles. The summed E-state index contributed by atoms with van der Waals surface area (Å²) in [6, 6.07) is 5.73. The molecule has 268 valence electrons. The molecule has 0 spiro atoms. The van der Waals surface area contributed by atoms with Crippen molar-refractivity contribution in [3.8, 4) is 5.75 Å². The number of hydrogen-bond acceptors (Lipinski definition) is 7. The lowest BCUT2D eigenvalue weighted by molar-refractivity contribution is -0.201. The third-order valence-corrected chi connectivity index (χ3v) is 7.88. The van der Waals surface area contributed by atoms with Crippen molar-refractivity contribution >= 4 is 23.1 Å². The van der Waals surface area contributed by atoms with Gasteiger partial charge in [-0.25, -0.2) is 0 Å². The number of nitrogens with zero attached hydrogens (tertiary/aromatic N) is 1.